The molecule has 0 radical (unpaired) electrons. The van der Waals surface area contributed by atoms with Crippen LogP contribution in [-0.2, 0) is 4.79 Å². The summed E-state index contributed by atoms with van der Waals surface area (Å²) in [6.45, 7) is 0. The Morgan fingerprint density at radius 3 is 2.67 bits per heavy atom. The number of carbonyl (C=O) groups excluding carboxylic acids is 1. The quantitative estimate of drug-likeness (QED) is 0.839. The van der Waals surface area contributed by atoms with E-state index in [2.05, 4.69) is 5.32 Å². The van der Waals surface area contributed by atoms with E-state index in [4.69, 9.17) is 28.3 Å². The third kappa shape index (κ3) is 3.48. The van der Waals surface area contributed by atoms with E-state index in [1.54, 1.807) is 24.3 Å². The molecule has 0 bridgehead atoms. The molecule has 0 spiro atoms. The van der Waals surface area contributed by atoms with Gasteiger partial charge in [-0.3, -0.25) is 4.79 Å². The minimum atomic E-state index is -0.269. The fraction of sp³-hybridized carbons (Fsp3) is 0.308. The van der Waals surface area contributed by atoms with Gasteiger partial charge in [0.25, 0.3) is 0 Å². The SMILES string of the molecule is O=C(C=Cc1ccc(Cl)c(Cl)c1)NC1CC(O)C1. The molecule has 0 heterocycles. The van der Waals surface area contributed by atoms with Crippen LogP contribution < -0.4 is 5.32 Å². The van der Waals surface area contributed by atoms with Gasteiger partial charge in [-0.15, -0.1) is 0 Å². The highest BCUT2D eigenvalue weighted by molar-refractivity contribution is 6.42. The molecule has 0 saturated heterocycles. The zero-order valence-corrected chi connectivity index (χ0v) is 11.1. The summed E-state index contributed by atoms with van der Waals surface area (Å²) in [5.74, 6) is -0.169. The van der Waals surface area contributed by atoms with Crippen LogP contribution in [0.1, 0.15) is 18.4 Å². The first-order chi connectivity index (χ1) is 8.54. The van der Waals surface area contributed by atoms with Crippen LogP contribution in [0, 0.1) is 0 Å². The van der Waals surface area contributed by atoms with E-state index in [9.17, 15) is 4.79 Å². The third-order valence-corrected chi connectivity index (χ3v) is 3.57. The van der Waals surface area contributed by atoms with Crippen molar-refractivity contribution in [3.05, 3.63) is 39.9 Å². The zero-order chi connectivity index (χ0) is 13.1. The van der Waals surface area contributed by atoms with Gasteiger partial charge in [0.2, 0.25) is 5.91 Å². The van der Waals surface area contributed by atoms with Crippen molar-refractivity contribution in [2.75, 3.05) is 0 Å². The summed E-state index contributed by atoms with van der Waals surface area (Å²) >= 11 is 11.7. The molecule has 0 aliphatic heterocycles. The Bertz CT molecular complexity index is 482. The third-order valence-electron chi connectivity index (χ3n) is 2.83. The summed E-state index contributed by atoms with van der Waals surface area (Å²) in [6.07, 6.45) is 4.12. The monoisotopic (exact) mass is 285 g/mol. The normalized spacial score (nSPS) is 22.8. The molecule has 2 rings (SSSR count). The average molecular weight is 286 g/mol. The van der Waals surface area contributed by atoms with Gasteiger partial charge in [-0.05, 0) is 36.6 Å². The highest BCUT2D eigenvalue weighted by Crippen LogP contribution is 2.23. The van der Waals surface area contributed by atoms with Crippen molar-refractivity contribution in [1.29, 1.82) is 0 Å². The number of carbonyl (C=O) groups is 1. The van der Waals surface area contributed by atoms with E-state index in [1.165, 1.54) is 6.08 Å². The Hall–Kier alpha value is -1.03. The molecule has 5 heteroatoms. The van der Waals surface area contributed by atoms with Crippen molar-refractivity contribution in [3.8, 4) is 0 Å². The van der Waals surface area contributed by atoms with E-state index < -0.39 is 0 Å². The van der Waals surface area contributed by atoms with Gasteiger partial charge in [-0.2, -0.15) is 0 Å². The van der Waals surface area contributed by atoms with Crippen molar-refractivity contribution in [1.82, 2.24) is 5.32 Å². The van der Waals surface area contributed by atoms with E-state index >= 15 is 0 Å². The van der Waals surface area contributed by atoms with Crippen LogP contribution in [0.5, 0.6) is 0 Å². The lowest BCUT2D eigenvalue weighted by Crippen LogP contribution is -2.46. The second kappa shape index (κ2) is 5.74. The van der Waals surface area contributed by atoms with Crippen molar-refractivity contribution >= 4 is 35.2 Å². The second-order valence-electron chi connectivity index (χ2n) is 4.34. The van der Waals surface area contributed by atoms with Gasteiger partial charge >= 0.3 is 0 Å². The molecule has 2 N–H and O–H groups in total. The molecule has 0 unspecified atom stereocenters. The molecule has 3 nitrogen and oxygen atoms in total. The molecular weight excluding hydrogens is 273 g/mol. The Morgan fingerprint density at radius 1 is 1.33 bits per heavy atom. The lowest BCUT2D eigenvalue weighted by molar-refractivity contribution is -0.118. The van der Waals surface area contributed by atoms with Crippen molar-refractivity contribution in [2.45, 2.75) is 25.0 Å². The van der Waals surface area contributed by atoms with Crippen LogP contribution in [0.15, 0.2) is 24.3 Å². The van der Waals surface area contributed by atoms with Crippen LogP contribution in [0.2, 0.25) is 10.0 Å². The van der Waals surface area contributed by atoms with Gasteiger partial charge in [0.05, 0.1) is 16.1 Å². The first-order valence-electron chi connectivity index (χ1n) is 5.66. The van der Waals surface area contributed by atoms with Crippen molar-refractivity contribution < 1.29 is 9.90 Å². The number of hydrogen-bond acceptors (Lipinski definition) is 2. The lowest BCUT2D eigenvalue weighted by Gasteiger charge is -2.31. The molecule has 1 fully saturated rings. The Balaban J connectivity index is 1.89. The van der Waals surface area contributed by atoms with Gasteiger partial charge in [0.15, 0.2) is 0 Å². The van der Waals surface area contributed by atoms with E-state index in [-0.39, 0.29) is 18.1 Å². The van der Waals surface area contributed by atoms with E-state index in [0.29, 0.717) is 22.9 Å². The maximum atomic E-state index is 11.5. The Kier molecular flexibility index (Phi) is 4.27. The molecule has 1 aliphatic carbocycles. The number of aliphatic hydroxyl groups excluding tert-OH is 1. The van der Waals surface area contributed by atoms with Gasteiger partial charge in [0.1, 0.15) is 0 Å². The maximum Gasteiger partial charge on any atom is 0.244 e. The van der Waals surface area contributed by atoms with Crippen LogP contribution in [0.3, 0.4) is 0 Å². The standard InChI is InChI=1S/C13H13Cl2NO2/c14-11-3-1-8(5-12(11)15)2-4-13(18)16-9-6-10(17)7-9/h1-5,9-10,17H,6-7H2,(H,16,18). The van der Waals surface area contributed by atoms with Gasteiger partial charge in [0, 0.05) is 12.1 Å². The Morgan fingerprint density at radius 2 is 2.06 bits per heavy atom. The number of nitrogens with one attached hydrogen (secondary N) is 1. The second-order valence-corrected chi connectivity index (χ2v) is 5.15. The first kappa shape index (κ1) is 13.4. The summed E-state index contributed by atoms with van der Waals surface area (Å²) < 4.78 is 0. The fourth-order valence-corrected chi connectivity index (χ4v) is 2.05. The number of rotatable bonds is 3. The van der Waals surface area contributed by atoms with Gasteiger partial charge in [-0.1, -0.05) is 29.3 Å². The highest BCUT2D eigenvalue weighted by atomic mass is 35.5. The molecule has 0 atom stereocenters. The molecule has 1 aliphatic rings. The van der Waals surface area contributed by atoms with Crippen LogP contribution in [0.25, 0.3) is 6.08 Å². The molecule has 0 aromatic heterocycles. The lowest BCUT2D eigenvalue weighted by atomic mass is 9.89. The fourth-order valence-electron chi connectivity index (χ4n) is 1.74. The predicted molar refractivity (Wildman–Crippen MR) is 72.7 cm³/mol. The smallest absolute Gasteiger partial charge is 0.244 e. The Labute approximate surface area is 115 Å². The molecular formula is C13H13Cl2NO2. The van der Waals surface area contributed by atoms with E-state index in [0.717, 1.165) is 5.56 Å². The largest absolute Gasteiger partial charge is 0.393 e. The van der Waals surface area contributed by atoms with Crippen LogP contribution in [0.4, 0.5) is 0 Å². The topological polar surface area (TPSA) is 49.3 Å². The van der Waals surface area contributed by atoms with Gasteiger partial charge in [-0.25, -0.2) is 0 Å². The molecule has 96 valence electrons. The molecule has 1 saturated carbocycles. The number of aliphatic hydroxyl groups is 1. The number of hydrogen-bond donors (Lipinski definition) is 2. The summed E-state index contributed by atoms with van der Waals surface area (Å²) in [5.41, 5.74) is 0.813. The summed E-state index contributed by atoms with van der Waals surface area (Å²) in [4.78, 5) is 11.5. The van der Waals surface area contributed by atoms with Gasteiger partial charge < -0.3 is 10.4 Å². The minimum absolute atomic E-state index is 0.0888. The average Bonchev–Trinajstić information content (AvgIpc) is 2.29. The van der Waals surface area contributed by atoms with Crippen molar-refractivity contribution in [3.63, 3.8) is 0 Å². The molecule has 1 amide bonds. The van der Waals surface area contributed by atoms with Crippen molar-refractivity contribution in [2.24, 2.45) is 0 Å². The number of amides is 1. The minimum Gasteiger partial charge on any atom is -0.393 e. The highest BCUT2D eigenvalue weighted by Gasteiger charge is 2.27. The molecule has 18 heavy (non-hydrogen) atoms. The zero-order valence-electron chi connectivity index (χ0n) is 9.57. The van der Waals surface area contributed by atoms with Crippen LogP contribution in [-0.4, -0.2) is 23.2 Å². The van der Waals surface area contributed by atoms with Crippen LogP contribution >= 0.6 is 23.2 Å². The number of benzene rings is 1. The predicted octanol–water partition coefficient (Wildman–Crippen LogP) is 2.65. The first-order valence-corrected chi connectivity index (χ1v) is 6.42. The molecule has 1 aromatic rings. The molecule has 1 aromatic carbocycles. The summed E-state index contributed by atoms with van der Waals surface area (Å²) in [6, 6.07) is 5.25. The van der Waals surface area contributed by atoms with E-state index in [1.807, 2.05) is 0 Å². The maximum absolute atomic E-state index is 11.5. The summed E-state index contributed by atoms with van der Waals surface area (Å²) in [7, 11) is 0. The number of halogens is 2. The summed E-state index contributed by atoms with van der Waals surface area (Å²) in [5, 5.41) is 12.8.